The maximum Gasteiger partial charge on any atom is 0.251 e. The molecule has 7 nitrogen and oxygen atoms in total. The van der Waals surface area contributed by atoms with Crippen LogP contribution in [-0.2, 0) is 14.8 Å². The lowest BCUT2D eigenvalue weighted by molar-refractivity contribution is -0.118. The van der Waals surface area contributed by atoms with Gasteiger partial charge in [-0.15, -0.1) is 0 Å². The van der Waals surface area contributed by atoms with Crippen LogP contribution in [0.25, 0.3) is 0 Å². The third kappa shape index (κ3) is 5.95. The van der Waals surface area contributed by atoms with Crippen LogP contribution < -0.4 is 10.6 Å². The number of nitrogens with one attached hydrogen (secondary N) is 2. The maximum atomic E-state index is 13.0. The molecule has 0 aliphatic rings. The normalized spacial score (nSPS) is 12.6. The minimum absolute atomic E-state index is 0.156. The molecule has 0 saturated heterocycles. The molecular weight excluding hydrogens is 426 g/mol. The molecule has 2 aromatic rings. The zero-order valence-electron chi connectivity index (χ0n) is 19.6. The van der Waals surface area contributed by atoms with Crippen molar-refractivity contribution in [2.45, 2.75) is 52.5 Å². The van der Waals surface area contributed by atoms with Crippen molar-refractivity contribution in [2.75, 3.05) is 18.4 Å². The zero-order chi connectivity index (χ0) is 24.1. The Morgan fingerprint density at radius 3 is 2.22 bits per heavy atom. The molecule has 0 spiro atoms. The summed E-state index contributed by atoms with van der Waals surface area (Å²) in [4.78, 5) is 25.8. The van der Waals surface area contributed by atoms with Gasteiger partial charge in [-0.1, -0.05) is 51.5 Å². The van der Waals surface area contributed by atoms with Crippen LogP contribution in [0.15, 0.2) is 47.4 Å². The van der Waals surface area contributed by atoms with Crippen LogP contribution in [0, 0.1) is 19.8 Å². The summed E-state index contributed by atoms with van der Waals surface area (Å²) in [5.74, 6) is -0.916. The summed E-state index contributed by atoms with van der Waals surface area (Å²) in [7, 11) is -3.67. The average Bonchev–Trinajstić information content (AvgIpc) is 2.73. The van der Waals surface area contributed by atoms with E-state index in [1.165, 1.54) is 10.4 Å². The van der Waals surface area contributed by atoms with Crippen LogP contribution >= 0.6 is 0 Å². The van der Waals surface area contributed by atoms with Crippen molar-refractivity contribution in [3.05, 3.63) is 59.2 Å². The van der Waals surface area contributed by atoms with Gasteiger partial charge in [0.25, 0.3) is 5.91 Å². The van der Waals surface area contributed by atoms with Gasteiger partial charge in [0.2, 0.25) is 15.9 Å². The Hall–Kier alpha value is -2.71. The maximum absolute atomic E-state index is 13.0. The number of sulfonamides is 1. The third-order valence-corrected chi connectivity index (χ3v) is 7.49. The number of rotatable bonds is 9. The second-order valence-corrected chi connectivity index (χ2v) is 10.0. The lowest BCUT2D eigenvalue weighted by atomic mass is 10.0. The zero-order valence-corrected chi connectivity index (χ0v) is 20.4. The van der Waals surface area contributed by atoms with Gasteiger partial charge in [-0.2, -0.15) is 4.31 Å². The molecule has 0 aliphatic heterocycles. The first kappa shape index (κ1) is 25.5. The molecule has 0 fully saturated rings. The predicted octanol–water partition coefficient (Wildman–Crippen LogP) is 3.73. The van der Waals surface area contributed by atoms with Crippen LogP contribution in [-0.4, -0.2) is 43.7 Å². The SMILES string of the molecule is CCN(CC)S(=O)(=O)c1cc(NC(=O)C(NC(=O)c2cccc(C)c2)C(C)C)ccc1C. The van der Waals surface area contributed by atoms with Crippen molar-refractivity contribution in [1.82, 2.24) is 9.62 Å². The van der Waals surface area contributed by atoms with E-state index in [0.717, 1.165) is 5.56 Å². The summed E-state index contributed by atoms with van der Waals surface area (Å²) >= 11 is 0. The van der Waals surface area contributed by atoms with Crippen LogP contribution in [0.1, 0.15) is 49.2 Å². The molecule has 0 bridgehead atoms. The van der Waals surface area contributed by atoms with Crippen molar-refractivity contribution in [2.24, 2.45) is 5.92 Å². The Labute approximate surface area is 191 Å². The smallest absolute Gasteiger partial charge is 0.251 e. The van der Waals surface area contributed by atoms with Gasteiger partial charge in [0.15, 0.2) is 0 Å². The Bertz CT molecular complexity index is 1080. The second-order valence-electron chi connectivity index (χ2n) is 8.12. The Morgan fingerprint density at radius 1 is 1.00 bits per heavy atom. The molecule has 0 aromatic heterocycles. The van der Waals surface area contributed by atoms with E-state index in [2.05, 4.69) is 10.6 Å². The second kappa shape index (κ2) is 10.7. The molecule has 1 unspecified atom stereocenters. The highest BCUT2D eigenvalue weighted by Crippen LogP contribution is 2.24. The van der Waals surface area contributed by atoms with E-state index in [9.17, 15) is 18.0 Å². The summed E-state index contributed by atoms with van der Waals surface area (Å²) < 4.78 is 27.3. The Morgan fingerprint density at radius 2 is 1.66 bits per heavy atom. The van der Waals surface area contributed by atoms with Crippen molar-refractivity contribution in [1.29, 1.82) is 0 Å². The molecule has 2 rings (SSSR count). The van der Waals surface area contributed by atoms with Gasteiger partial charge in [0.05, 0.1) is 4.90 Å². The molecule has 8 heteroatoms. The largest absolute Gasteiger partial charge is 0.340 e. The number of hydrogen-bond acceptors (Lipinski definition) is 4. The minimum atomic E-state index is -3.67. The highest BCUT2D eigenvalue weighted by Gasteiger charge is 2.27. The van der Waals surface area contributed by atoms with E-state index in [4.69, 9.17) is 0 Å². The number of nitrogens with zero attached hydrogens (tertiary/aromatic N) is 1. The van der Waals surface area contributed by atoms with E-state index < -0.39 is 22.0 Å². The number of anilines is 1. The summed E-state index contributed by atoms with van der Waals surface area (Å²) in [6.07, 6.45) is 0. The fourth-order valence-electron chi connectivity index (χ4n) is 3.42. The number of aryl methyl sites for hydroxylation is 2. The van der Waals surface area contributed by atoms with E-state index in [-0.39, 0.29) is 16.7 Å². The quantitative estimate of drug-likeness (QED) is 0.597. The highest BCUT2D eigenvalue weighted by atomic mass is 32.2. The first-order valence-corrected chi connectivity index (χ1v) is 12.2. The minimum Gasteiger partial charge on any atom is -0.340 e. The molecule has 0 heterocycles. The molecule has 1 atom stereocenters. The summed E-state index contributed by atoms with van der Waals surface area (Å²) in [5, 5.41) is 5.56. The third-order valence-electron chi connectivity index (χ3n) is 5.29. The molecular formula is C24H33N3O4S. The monoisotopic (exact) mass is 459 g/mol. The van der Waals surface area contributed by atoms with Crippen LogP contribution in [0.4, 0.5) is 5.69 Å². The summed E-state index contributed by atoms with van der Waals surface area (Å²) in [6.45, 7) is 11.6. The fourth-order valence-corrected chi connectivity index (χ4v) is 5.13. The molecule has 2 N–H and O–H groups in total. The van der Waals surface area contributed by atoms with Gasteiger partial charge in [-0.25, -0.2) is 8.42 Å². The number of benzene rings is 2. The molecule has 2 aromatic carbocycles. The van der Waals surface area contributed by atoms with Crippen molar-refractivity contribution < 1.29 is 18.0 Å². The van der Waals surface area contributed by atoms with Gasteiger partial charge in [-0.3, -0.25) is 9.59 Å². The molecule has 0 saturated carbocycles. The highest BCUT2D eigenvalue weighted by molar-refractivity contribution is 7.89. The Kier molecular flexibility index (Phi) is 8.58. The lowest BCUT2D eigenvalue weighted by Gasteiger charge is -2.23. The number of carbonyl (C=O) groups excluding carboxylic acids is 2. The van der Waals surface area contributed by atoms with Gasteiger partial charge in [0.1, 0.15) is 6.04 Å². The predicted molar refractivity (Wildman–Crippen MR) is 127 cm³/mol. The fraction of sp³-hybridized carbons (Fsp3) is 0.417. The van der Waals surface area contributed by atoms with Crippen LogP contribution in [0.2, 0.25) is 0 Å². The first-order chi connectivity index (χ1) is 15.0. The molecule has 32 heavy (non-hydrogen) atoms. The van der Waals surface area contributed by atoms with Crippen LogP contribution in [0.5, 0.6) is 0 Å². The number of amides is 2. The van der Waals surface area contributed by atoms with E-state index in [1.54, 1.807) is 51.1 Å². The molecule has 174 valence electrons. The van der Waals surface area contributed by atoms with E-state index >= 15 is 0 Å². The lowest BCUT2D eigenvalue weighted by Crippen LogP contribution is -2.47. The van der Waals surface area contributed by atoms with Crippen molar-refractivity contribution in [3.63, 3.8) is 0 Å². The van der Waals surface area contributed by atoms with Gasteiger partial charge in [-0.05, 0) is 49.6 Å². The van der Waals surface area contributed by atoms with Gasteiger partial charge < -0.3 is 10.6 Å². The molecule has 0 radical (unpaired) electrons. The summed E-state index contributed by atoms with van der Waals surface area (Å²) in [6, 6.07) is 11.2. The topological polar surface area (TPSA) is 95.6 Å². The van der Waals surface area contributed by atoms with E-state index in [1.807, 2.05) is 26.8 Å². The standard InChI is InChI=1S/C24H33N3O4S/c1-7-27(8-2)32(30,31)21-15-20(13-12-18(21)6)25-24(29)22(16(3)4)26-23(28)19-11-9-10-17(5)14-19/h9-16,22H,7-8H2,1-6H3,(H,25,29)(H,26,28). The van der Waals surface area contributed by atoms with Gasteiger partial charge in [0, 0.05) is 24.3 Å². The van der Waals surface area contributed by atoms with Crippen molar-refractivity contribution >= 4 is 27.5 Å². The molecule has 0 aliphatic carbocycles. The average molecular weight is 460 g/mol. The number of hydrogen-bond donors (Lipinski definition) is 2. The number of carbonyl (C=O) groups is 2. The van der Waals surface area contributed by atoms with Crippen molar-refractivity contribution in [3.8, 4) is 0 Å². The van der Waals surface area contributed by atoms with E-state index in [0.29, 0.717) is 29.9 Å². The van der Waals surface area contributed by atoms with Gasteiger partial charge >= 0.3 is 0 Å². The molecule has 2 amide bonds. The van der Waals surface area contributed by atoms with Crippen LogP contribution in [0.3, 0.4) is 0 Å². The summed E-state index contributed by atoms with van der Waals surface area (Å²) in [5.41, 5.74) is 2.39. The Balaban J connectivity index is 2.26. The first-order valence-electron chi connectivity index (χ1n) is 10.8.